The molecule has 1 aliphatic rings. The molecule has 0 spiro atoms. The van der Waals surface area contributed by atoms with Gasteiger partial charge in [-0.15, -0.1) is 0 Å². The molecule has 1 aromatic carbocycles. The molecule has 5 heteroatoms. The first-order valence-corrected chi connectivity index (χ1v) is 9.70. The summed E-state index contributed by atoms with van der Waals surface area (Å²) < 4.78 is 5.39. The molecule has 0 bridgehead atoms. The fraction of sp³-hybridized carbons (Fsp3) is 0.619. The fourth-order valence-electron chi connectivity index (χ4n) is 3.60. The highest BCUT2D eigenvalue weighted by molar-refractivity contribution is 5.81. The predicted octanol–water partition coefficient (Wildman–Crippen LogP) is 3.04. The molecular weight excluding hydrogens is 328 g/mol. The monoisotopic (exact) mass is 360 g/mol. The Balaban J connectivity index is 1.99. The van der Waals surface area contributed by atoms with Crippen molar-refractivity contribution in [2.75, 3.05) is 33.3 Å². The number of methoxy groups -OCH3 is 1. The van der Waals surface area contributed by atoms with Crippen LogP contribution in [0.15, 0.2) is 18.2 Å². The number of aryl methyl sites for hydroxylation is 1. The van der Waals surface area contributed by atoms with Crippen molar-refractivity contribution in [1.82, 2.24) is 9.80 Å². The number of benzene rings is 1. The zero-order valence-corrected chi connectivity index (χ0v) is 16.6. The molecule has 5 nitrogen and oxygen atoms in total. The third kappa shape index (κ3) is 4.99. The van der Waals surface area contributed by atoms with E-state index < -0.39 is 0 Å². The molecule has 1 heterocycles. The van der Waals surface area contributed by atoms with E-state index in [9.17, 15) is 9.59 Å². The van der Waals surface area contributed by atoms with Crippen LogP contribution < -0.4 is 4.74 Å². The van der Waals surface area contributed by atoms with Gasteiger partial charge in [-0.3, -0.25) is 9.59 Å². The number of carbonyl (C=O) groups is 2. The highest BCUT2D eigenvalue weighted by Gasteiger charge is 2.25. The smallest absolute Gasteiger partial charge is 0.227 e. The second-order valence-electron chi connectivity index (χ2n) is 7.07. The lowest BCUT2D eigenvalue weighted by atomic mass is 10.0. The zero-order valence-electron chi connectivity index (χ0n) is 16.6. The van der Waals surface area contributed by atoms with Crippen molar-refractivity contribution in [3.63, 3.8) is 0 Å². The molecule has 144 valence electrons. The van der Waals surface area contributed by atoms with E-state index in [2.05, 4.69) is 13.8 Å². The van der Waals surface area contributed by atoms with Crippen LogP contribution in [0.25, 0.3) is 0 Å². The SMILES string of the molecule is CCC(CC)C(=O)N1CCCN(C(=O)Cc2cc(C)ccc2OC)CC1. The number of hydrogen-bond donors (Lipinski definition) is 0. The molecule has 1 aromatic rings. The normalized spacial score (nSPS) is 15.1. The Hall–Kier alpha value is -2.04. The summed E-state index contributed by atoms with van der Waals surface area (Å²) in [7, 11) is 1.63. The molecule has 1 saturated heterocycles. The molecule has 2 rings (SSSR count). The summed E-state index contributed by atoms with van der Waals surface area (Å²) in [6.07, 6.45) is 2.93. The molecule has 0 radical (unpaired) electrons. The summed E-state index contributed by atoms with van der Waals surface area (Å²) in [5.41, 5.74) is 2.04. The van der Waals surface area contributed by atoms with Gasteiger partial charge in [0.15, 0.2) is 0 Å². The Kier molecular flexibility index (Phi) is 7.49. The van der Waals surface area contributed by atoms with Crippen molar-refractivity contribution in [3.05, 3.63) is 29.3 Å². The highest BCUT2D eigenvalue weighted by Crippen LogP contribution is 2.21. The number of nitrogens with zero attached hydrogens (tertiary/aromatic N) is 2. The Morgan fingerprint density at radius 2 is 1.73 bits per heavy atom. The summed E-state index contributed by atoms with van der Waals surface area (Å²) in [5, 5.41) is 0. The maximum absolute atomic E-state index is 12.8. The maximum Gasteiger partial charge on any atom is 0.227 e. The van der Waals surface area contributed by atoms with Crippen molar-refractivity contribution < 1.29 is 14.3 Å². The first-order chi connectivity index (χ1) is 12.5. The van der Waals surface area contributed by atoms with Gasteiger partial charge in [0, 0.05) is 37.7 Å². The average molecular weight is 360 g/mol. The van der Waals surface area contributed by atoms with E-state index >= 15 is 0 Å². The molecule has 26 heavy (non-hydrogen) atoms. The van der Waals surface area contributed by atoms with Crippen LogP contribution in [-0.4, -0.2) is 54.9 Å². The Bertz CT molecular complexity index is 626. The summed E-state index contributed by atoms with van der Waals surface area (Å²) in [4.78, 5) is 29.2. The fourth-order valence-corrected chi connectivity index (χ4v) is 3.60. The van der Waals surface area contributed by atoms with Gasteiger partial charge >= 0.3 is 0 Å². The van der Waals surface area contributed by atoms with Crippen LogP contribution in [0.3, 0.4) is 0 Å². The number of ether oxygens (including phenoxy) is 1. The van der Waals surface area contributed by atoms with Crippen LogP contribution in [-0.2, 0) is 16.0 Å². The van der Waals surface area contributed by atoms with Crippen molar-refractivity contribution in [2.45, 2.75) is 46.5 Å². The van der Waals surface area contributed by atoms with Gasteiger partial charge in [-0.25, -0.2) is 0 Å². The number of rotatable bonds is 6. The molecule has 0 aliphatic carbocycles. The van der Waals surface area contributed by atoms with Crippen molar-refractivity contribution >= 4 is 11.8 Å². The van der Waals surface area contributed by atoms with Gasteiger partial charge < -0.3 is 14.5 Å². The van der Waals surface area contributed by atoms with E-state index in [1.165, 1.54) is 0 Å². The van der Waals surface area contributed by atoms with Gasteiger partial charge in [-0.2, -0.15) is 0 Å². The van der Waals surface area contributed by atoms with Crippen LogP contribution in [0.2, 0.25) is 0 Å². The molecule has 0 atom stereocenters. The van der Waals surface area contributed by atoms with E-state index in [4.69, 9.17) is 4.74 Å². The van der Waals surface area contributed by atoms with Crippen LogP contribution in [0, 0.1) is 12.8 Å². The quantitative estimate of drug-likeness (QED) is 0.783. The minimum atomic E-state index is 0.103. The van der Waals surface area contributed by atoms with E-state index in [1.54, 1.807) is 7.11 Å². The minimum absolute atomic E-state index is 0.103. The van der Waals surface area contributed by atoms with Gasteiger partial charge in [0.05, 0.1) is 13.5 Å². The number of carbonyl (C=O) groups excluding carboxylic acids is 2. The number of hydrogen-bond acceptors (Lipinski definition) is 3. The van der Waals surface area contributed by atoms with E-state index in [0.29, 0.717) is 26.1 Å². The molecule has 0 unspecified atom stereocenters. The second-order valence-corrected chi connectivity index (χ2v) is 7.07. The summed E-state index contributed by atoms with van der Waals surface area (Å²) >= 11 is 0. The van der Waals surface area contributed by atoms with Crippen LogP contribution in [0.5, 0.6) is 5.75 Å². The van der Waals surface area contributed by atoms with Crippen molar-refractivity contribution in [2.24, 2.45) is 5.92 Å². The van der Waals surface area contributed by atoms with E-state index in [1.807, 2.05) is 34.9 Å². The minimum Gasteiger partial charge on any atom is -0.496 e. The zero-order chi connectivity index (χ0) is 19.1. The number of amides is 2. The third-order valence-electron chi connectivity index (χ3n) is 5.27. The average Bonchev–Trinajstić information content (AvgIpc) is 2.89. The van der Waals surface area contributed by atoms with Crippen LogP contribution in [0.4, 0.5) is 0 Å². The van der Waals surface area contributed by atoms with Gasteiger partial charge in [0.1, 0.15) is 5.75 Å². The predicted molar refractivity (Wildman–Crippen MR) is 103 cm³/mol. The maximum atomic E-state index is 12.8. The van der Waals surface area contributed by atoms with Gasteiger partial charge in [-0.1, -0.05) is 31.5 Å². The molecule has 1 aliphatic heterocycles. The van der Waals surface area contributed by atoms with E-state index in [-0.39, 0.29) is 17.7 Å². The largest absolute Gasteiger partial charge is 0.496 e. The lowest BCUT2D eigenvalue weighted by Gasteiger charge is -2.25. The van der Waals surface area contributed by atoms with Crippen LogP contribution in [0.1, 0.15) is 44.2 Å². The second kappa shape index (κ2) is 9.60. The summed E-state index contributed by atoms with van der Waals surface area (Å²) in [6, 6.07) is 5.91. The molecular formula is C21H32N2O3. The lowest BCUT2D eigenvalue weighted by Crippen LogP contribution is -2.40. The molecule has 0 saturated carbocycles. The Labute approximate surface area is 157 Å². The van der Waals surface area contributed by atoms with Crippen molar-refractivity contribution in [3.8, 4) is 5.75 Å². The van der Waals surface area contributed by atoms with Gasteiger partial charge in [-0.05, 0) is 32.3 Å². The molecule has 0 N–H and O–H groups in total. The summed E-state index contributed by atoms with van der Waals surface area (Å²) in [5.74, 6) is 1.20. The third-order valence-corrected chi connectivity index (χ3v) is 5.27. The molecule has 2 amide bonds. The Morgan fingerprint density at radius 1 is 1.08 bits per heavy atom. The Morgan fingerprint density at radius 3 is 2.38 bits per heavy atom. The van der Waals surface area contributed by atoms with Crippen molar-refractivity contribution in [1.29, 1.82) is 0 Å². The standard InChI is InChI=1S/C21H32N2O3/c1-5-17(6-2)21(25)23-11-7-10-22(12-13-23)20(24)15-18-14-16(3)8-9-19(18)26-4/h8-9,14,17H,5-7,10-13,15H2,1-4H3. The van der Waals surface area contributed by atoms with Crippen LogP contribution >= 0.6 is 0 Å². The molecule has 1 fully saturated rings. The van der Waals surface area contributed by atoms with E-state index in [0.717, 1.165) is 42.7 Å². The van der Waals surface area contributed by atoms with Gasteiger partial charge in [0.2, 0.25) is 11.8 Å². The highest BCUT2D eigenvalue weighted by atomic mass is 16.5. The first-order valence-electron chi connectivity index (χ1n) is 9.70. The van der Waals surface area contributed by atoms with Gasteiger partial charge in [0.25, 0.3) is 0 Å². The summed E-state index contributed by atoms with van der Waals surface area (Å²) in [6.45, 7) is 8.84. The molecule has 0 aromatic heterocycles. The lowest BCUT2D eigenvalue weighted by molar-refractivity contribution is -0.136. The first kappa shape index (κ1) is 20.3. The topological polar surface area (TPSA) is 49.9 Å².